The minimum Gasteiger partial charge on any atom is -0.505 e. The molecule has 3 N–H and O–H groups in total. The number of carboxylic acid groups (broad SMARTS) is 1. The molecule has 0 saturated carbocycles. The van der Waals surface area contributed by atoms with Crippen molar-refractivity contribution in [2.45, 2.75) is 0 Å². The second kappa shape index (κ2) is 5.13. The van der Waals surface area contributed by atoms with Crippen molar-refractivity contribution in [3.05, 3.63) is 48.0 Å². The monoisotopic (exact) mass is 259 g/mol. The fraction of sp³-hybridized carbons (Fsp3) is 0. The lowest BCUT2D eigenvalue weighted by molar-refractivity contribution is 0.0696. The van der Waals surface area contributed by atoms with Crippen LogP contribution in [0.1, 0.15) is 20.7 Å². The number of hydrogen-bond acceptors (Lipinski definition) is 5. The molecule has 2 heterocycles. The molecule has 2 aromatic heterocycles. The molecule has 0 aliphatic heterocycles. The van der Waals surface area contributed by atoms with E-state index in [1.807, 2.05) is 0 Å². The molecule has 0 bridgehead atoms. The summed E-state index contributed by atoms with van der Waals surface area (Å²) in [6.45, 7) is 0. The molecule has 0 radical (unpaired) electrons. The first-order chi connectivity index (χ1) is 9.08. The molecule has 1 amide bonds. The van der Waals surface area contributed by atoms with Gasteiger partial charge < -0.3 is 15.5 Å². The summed E-state index contributed by atoms with van der Waals surface area (Å²) in [5.41, 5.74) is 0.216. The van der Waals surface area contributed by atoms with Crippen LogP contribution in [0.4, 0.5) is 5.69 Å². The first-order valence-corrected chi connectivity index (χ1v) is 5.20. The van der Waals surface area contributed by atoms with Gasteiger partial charge in [-0.05, 0) is 12.1 Å². The van der Waals surface area contributed by atoms with Gasteiger partial charge in [-0.15, -0.1) is 0 Å². The molecule has 96 valence electrons. The molecule has 0 fully saturated rings. The normalized spacial score (nSPS) is 9.89. The third-order valence-electron chi connectivity index (χ3n) is 2.29. The second-order valence-electron chi connectivity index (χ2n) is 3.61. The molecule has 0 aliphatic rings. The molecule has 7 heteroatoms. The van der Waals surface area contributed by atoms with E-state index < -0.39 is 11.9 Å². The molecule has 0 saturated heterocycles. The topological polar surface area (TPSA) is 112 Å². The highest BCUT2D eigenvalue weighted by atomic mass is 16.4. The van der Waals surface area contributed by atoms with Crippen LogP contribution in [-0.4, -0.2) is 32.1 Å². The lowest BCUT2D eigenvalue weighted by atomic mass is 10.2. The third kappa shape index (κ3) is 2.83. The van der Waals surface area contributed by atoms with Gasteiger partial charge in [-0.1, -0.05) is 0 Å². The summed E-state index contributed by atoms with van der Waals surface area (Å²) in [5, 5.41) is 20.7. The quantitative estimate of drug-likeness (QED) is 0.761. The van der Waals surface area contributed by atoms with E-state index in [0.29, 0.717) is 0 Å². The van der Waals surface area contributed by atoms with Crippen molar-refractivity contribution in [1.82, 2.24) is 9.97 Å². The van der Waals surface area contributed by atoms with Crippen LogP contribution >= 0.6 is 0 Å². The molecule has 2 rings (SSSR count). The van der Waals surface area contributed by atoms with Crippen LogP contribution in [0.5, 0.6) is 5.75 Å². The summed E-state index contributed by atoms with van der Waals surface area (Å²) in [7, 11) is 0. The maximum absolute atomic E-state index is 11.8. The summed E-state index contributed by atoms with van der Waals surface area (Å²) in [6.07, 6.45) is 4.98. The van der Waals surface area contributed by atoms with Gasteiger partial charge >= 0.3 is 5.97 Å². The Bertz CT molecular complexity index is 642. The molecule has 0 spiro atoms. The zero-order valence-corrected chi connectivity index (χ0v) is 9.57. The number of amides is 1. The Morgan fingerprint density at radius 2 is 1.95 bits per heavy atom. The number of nitrogens with one attached hydrogen (secondary N) is 1. The van der Waals surface area contributed by atoms with Crippen molar-refractivity contribution in [2.24, 2.45) is 0 Å². The van der Waals surface area contributed by atoms with Crippen LogP contribution in [-0.2, 0) is 0 Å². The number of nitrogens with zero attached hydrogens (tertiary/aromatic N) is 2. The van der Waals surface area contributed by atoms with E-state index in [9.17, 15) is 14.7 Å². The Labute approximate surface area is 107 Å². The molecule has 0 atom stereocenters. The number of pyridine rings is 2. The van der Waals surface area contributed by atoms with Crippen LogP contribution in [0.25, 0.3) is 0 Å². The fourth-order valence-corrected chi connectivity index (χ4v) is 1.40. The van der Waals surface area contributed by atoms with E-state index in [2.05, 4.69) is 15.3 Å². The average Bonchev–Trinajstić information content (AvgIpc) is 2.39. The average molecular weight is 259 g/mol. The molecule has 2 aromatic rings. The number of carbonyl (C=O) groups is 2. The van der Waals surface area contributed by atoms with Gasteiger partial charge in [0.15, 0.2) is 0 Å². The molecular formula is C12H9N3O4. The van der Waals surface area contributed by atoms with Crippen LogP contribution in [0.15, 0.2) is 36.9 Å². The summed E-state index contributed by atoms with van der Waals surface area (Å²) >= 11 is 0. The maximum atomic E-state index is 11.8. The van der Waals surface area contributed by atoms with E-state index in [1.165, 1.54) is 30.7 Å². The zero-order valence-electron chi connectivity index (χ0n) is 9.57. The highest BCUT2D eigenvalue weighted by molar-refractivity contribution is 6.06. The molecule has 0 aliphatic carbocycles. The van der Waals surface area contributed by atoms with Gasteiger partial charge in [0.05, 0.1) is 29.2 Å². The Balaban J connectivity index is 2.22. The third-order valence-corrected chi connectivity index (χ3v) is 2.29. The predicted octanol–water partition coefficient (Wildman–Crippen LogP) is 1.13. The number of carbonyl (C=O) groups excluding carboxylic acids is 1. The zero-order chi connectivity index (χ0) is 13.8. The first-order valence-electron chi connectivity index (χ1n) is 5.20. The van der Waals surface area contributed by atoms with Gasteiger partial charge in [0.25, 0.3) is 5.91 Å². The highest BCUT2D eigenvalue weighted by Crippen LogP contribution is 2.16. The number of anilines is 1. The Morgan fingerprint density at radius 1 is 1.16 bits per heavy atom. The number of rotatable bonds is 3. The second-order valence-corrected chi connectivity index (χ2v) is 3.61. The van der Waals surface area contributed by atoms with Gasteiger partial charge in [0.1, 0.15) is 5.75 Å². The number of aromatic nitrogens is 2. The largest absolute Gasteiger partial charge is 0.505 e. The Kier molecular flexibility index (Phi) is 3.37. The standard InChI is InChI=1S/C12H9N3O4/c16-10-6-13-2-1-9(10)11(17)15-8-3-7(12(18)19)4-14-5-8/h1-6,16H,(H,15,17)(H,18,19). The van der Waals surface area contributed by atoms with Gasteiger partial charge in [-0.25, -0.2) is 4.79 Å². The summed E-state index contributed by atoms with van der Waals surface area (Å²) in [6, 6.07) is 2.62. The molecular weight excluding hydrogens is 250 g/mol. The van der Waals surface area contributed by atoms with E-state index in [1.54, 1.807) is 0 Å². The lowest BCUT2D eigenvalue weighted by Gasteiger charge is -2.06. The SMILES string of the molecule is O=C(O)c1cncc(NC(=O)c2ccncc2O)c1. The van der Waals surface area contributed by atoms with Crippen molar-refractivity contribution in [3.63, 3.8) is 0 Å². The van der Waals surface area contributed by atoms with Crippen LogP contribution in [0, 0.1) is 0 Å². The van der Waals surface area contributed by atoms with Crippen molar-refractivity contribution >= 4 is 17.6 Å². The molecule has 7 nitrogen and oxygen atoms in total. The minimum absolute atomic E-state index is 0.0377. The predicted molar refractivity (Wildman–Crippen MR) is 65.1 cm³/mol. The summed E-state index contributed by atoms with van der Waals surface area (Å²) in [4.78, 5) is 30.0. The van der Waals surface area contributed by atoms with Crippen molar-refractivity contribution in [1.29, 1.82) is 0 Å². The van der Waals surface area contributed by atoms with Crippen LogP contribution in [0.2, 0.25) is 0 Å². The van der Waals surface area contributed by atoms with E-state index in [4.69, 9.17) is 5.11 Å². The Hall–Kier alpha value is -2.96. The lowest BCUT2D eigenvalue weighted by Crippen LogP contribution is -2.13. The Morgan fingerprint density at radius 3 is 2.63 bits per heavy atom. The van der Waals surface area contributed by atoms with Gasteiger partial charge in [0, 0.05) is 12.4 Å². The van der Waals surface area contributed by atoms with Crippen LogP contribution < -0.4 is 5.32 Å². The van der Waals surface area contributed by atoms with E-state index in [0.717, 1.165) is 6.20 Å². The molecule has 0 unspecified atom stereocenters. The van der Waals surface area contributed by atoms with Crippen LogP contribution in [0.3, 0.4) is 0 Å². The van der Waals surface area contributed by atoms with E-state index in [-0.39, 0.29) is 22.6 Å². The van der Waals surface area contributed by atoms with Crippen molar-refractivity contribution < 1.29 is 19.8 Å². The molecule has 19 heavy (non-hydrogen) atoms. The highest BCUT2D eigenvalue weighted by Gasteiger charge is 2.12. The number of aromatic hydroxyl groups is 1. The fourth-order valence-electron chi connectivity index (χ4n) is 1.40. The van der Waals surface area contributed by atoms with Crippen molar-refractivity contribution in [3.8, 4) is 5.75 Å². The van der Waals surface area contributed by atoms with Gasteiger partial charge in [-0.3, -0.25) is 14.8 Å². The maximum Gasteiger partial charge on any atom is 0.337 e. The number of hydrogen-bond donors (Lipinski definition) is 3. The van der Waals surface area contributed by atoms with E-state index >= 15 is 0 Å². The van der Waals surface area contributed by atoms with Crippen molar-refractivity contribution in [2.75, 3.05) is 5.32 Å². The summed E-state index contributed by atoms with van der Waals surface area (Å²) in [5.74, 6) is -1.98. The number of carboxylic acids is 1. The van der Waals surface area contributed by atoms with Gasteiger partial charge in [0.2, 0.25) is 0 Å². The number of aromatic carboxylic acids is 1. The molecule has 0 aromatic carbocycles. The minimum atomic E-state index is -1.14. The first kappa shape index (κ1) is 12.5. The summed E-state index contributed by atoms with van der Waals surface area (Å²) < 4.78 is 0. The van der Waals surface area contributed by atoms with Gasteiger partial charge in [-0.2, -0.15) is 0 Å². The smallest absolute Gasteiger partial charge is 0.337 e.